The Morgan fingerprint density at radius 3 is 3.00 bits per heavy atom. The van der Waals surface area contributed by atoms with Crippen LogP contribution < -0.4 is 11.1 Å². The quantitative estimate of drug-likeness (QED) is 0.521. The topological polar surface area (TPSA) is 130 Å². The van der Waals surface area contributed by atoms with Gasteiger partial charge in [-0.25, -0.2) is 9.78 Å². The van der Waals surface area contributed by atoms with Crippen LogP contribution in [0.4, 0.5) is 0 Å². The summed E-state index contributed by atoms with van der Waals surface area (Å²) >= 11 is 0. The first-order chi connectivity index (χ1) is 9.01. The molecule has 0 saturated carbocycles. The molecule has 1 amide bonds. The Morgan fingerprint density at radius 1 is 1.68 bits per heavy atom. The van der Waals surface area contributed by atoms with Gasteiger partial charge in [-0.1, -0.05) is 0 Å². The molecule has 0 radical (unpaired) electrons. The van der Waals surface area contributed by atoms with Gasteiger partial charge in [-0.2, -0.15) is 0 Å². The molecule has 0 aromatic carbocycles. The van der Waals surface area contributed by atoms with Crippen molar-refractivity contribution in [2.24, 2.45) is 5.73 Å². The Balaban J connectivity index is 2.00. The minimum atomic E-state index is -1.14. The van der Waals surface area contributed by atoms with Crippen LogP contribution in [-0.2, 0) is 20.7 Å². The van der Waals surface area contributed by atoms with Crippen LogP contribution >= 0.6 is 0 Å². The fourth-order valence-corrected chi connectivity index (χ4v) is 1.88. The van der Waals surface area contributed by atoms with Gasteiger partial charge >= 0.3 is 5.97 Å². The van der Waals surface area contributed by atoms with Crippen molar-refractivity contribution in [3.63, 3.8) is 0 Å². The molecule has 1 aliphatic heterocycles. The van der Waals surface area contributed by atoms with Crippen molar-refractivity contribution in [1.29, 1.82) is 0 Å². The second-order valence-corrected chi connectivity index (χ2v) is 4.60. The van der Waals surface area contributed by atoms with E-state index in [0.717, 1.165) is 0 Å². The molecule has 2 rings (SSSR count). The fourth-order valence-electron chi connectivity index (χ4n) is 1.88. The zero-order valence-electron chi connectivity index (χ0n) is 10.3. The lowest BCUT2D eigenvalue weighted by atomic mass is 9.98. The van der Waals surface area contributed by atoms with Gasteiger partial charge in [0.05, 0.1) is 12.9 Å². The van der Waals surface area contributed by atoms with Crippen molar-refractivity contribution in [3.05, 3.63) is 18.2 Å². The number of H-pyrrole nitrogens is 1. The third-order valence-corrected chi connectivity index (χ3v) is 3.09. The number of aliphatic carboxylic acids is 1. The van der Waals surface area contributed by atoms with E-state index in [0.29, 0.717) is 18.7 Å². The van der Waals surface area contributed by atoms with E-state index in [1.165, 1.54) is 12.5 Å². The first-order valence-corrected chi connectivity index (χ1v) is 5.89. The third-order valence-electron chi connectivity index (χ3n) is 3.09. The average Bonchev–Trinajstić information content (AvgIpc) is 3.00. The molecule has 1 aliphatic rings. The maximum atomic E-state index is 12.0. The number of rotatable bonds is 5. The largest absolute Gasteiger partial charge is 0.480 e. The second kappa shape index (κ2) is 5.37. The van der Waals surface area contributed by atoms with E-state index < -0.39 is 23.5 Å². The first-order valence-electron chi connectivity index (χ1n) is 5.89. The average molecular weight is 268 g/mol. The number of carbonyl (C=O) groups is 2. The fraction of sp³-hybridized carbons (Fsp3) is 0.545. The summed E-state index contributed by atoms with van der Waals surface area (Å²) in [7, 11) is 0. The first kappa shape index (κ1) is 13.5. The van der Waals surface area contributed by atoms with Crippen LogP contribution in [0.2, 0.25) is 0 Å². The predicted molar refractivity (Wildman–Crippen MR) is 64.2 cm³/mol. The normalized spacial score (nSPS) is 24.1. The second-order valence-electron chi connectivity index (χ2n) is 4.60. The highest BCUT2D eigenvalue weighted by molar-refractivity contribution is 5.90. The van der Waals surface area contributed by atoms with E-state index in [1.54, 1.807) is 0 Å². The smallest absolute Gasteiger partial charge is 0.326 e. The predicted octanol–water partition coefficient (Wildman–Crippen LogP) is -1.36. The van der Waals surface area contributed by atoms with E-state index in [2.05, 4.69) is 15.3 Å². The molecule has 8 heteroatoms. The van der Waals surface area contributed by atoms with E-state index in [-0.39, 0.29) is 13.0 Å². The van der Waals surface area contributed by atoms with E-state index >= 15 is 0 Å². The molecule has 0 spiro atoms. The van der Waals surface area contributed by atoms with Crippen LogP contribution in [0.15, 0.2) is 12.5 Å². The van der Waals surface area contributed by atoms with E-state index in [9.17, 15) is 9.59 Å². The van der Waals surface area contributed by atoms with Gasteiger partial charge in [-0.3, -0.25) is 4.79 Å². The number of hydrogen-bond acceptors (Lipinski definition) is 5. The molecule has 0 bridgehead atoms. The maximum absolute atomic E-state index is 12.0. The number of aromatic nitrogens is 2. The summed E-state index contributed by atoms with van der Waals surface area (Å²) in [5.74, 6) is -1.62. The molecule has 1 aromatic rings. The highest BCUT2D eigenvalue weighted by atomic mass is 16.5. The Bertz CT molecular complexity index is 453. The van der Waals surface area contributed by atoms with Gasteiger partial charge in [0.25, 0.3) is 0 Å². The molecule has 2 heterocycles. The van der Waals surface area contributed by atoms with Crippen LogP contribution in [0.5, 0.6) is 0 Å². The monoisotopic (exact) mass is 268 g/mol. The number of carboxylic acid groups (broad SMARTS) is 1. The Labute approximate surface area is 109 Å². The number of nitrogens with zero attached hydrogens (tertiary/aromatic N) is 1. The summed E-state index contributed by atoms with van der Waals surface area (Å²) in [5, 5.41) is 11.6. The van der Waals surface area contributed by atoms with Crippen LogP contribution in [-0.4, -0.2) is 51.7 Å². The number of aromatic amines is 1. The van der Waals surface area contributed by atoms with Gasteiger partial charge in [0, 0.05) is 24.9 Å². The van der Waals surface area contributed by atoms with Gasteiger partial charge in [0.15, 0.2) is 0 Å². The zero-order valence-corrected chi connectivity index (χ0v) is 10.3. The Kier molecular flexibility index (Phi) is 3.82. The van der Waals surface area contributed by atoms with Crippen molar-refractivity contribution in [3.8, 4) is 0 Å². The van der Waals surface area contributed by atoms with Gasteiger partial charge < -0.3 is 25.9 Å². The summed E-state index contributed by atoms with van der Waals surface area (Å²) in [5.41, 5.74) is 5.36. The SMILES string of the molecule is NC1(C(=O)N[C@H](Cc2cnc[nH]2)C(=O)O)CCOC1. The highest BCUT2D eigenvalue weighted by Gasteiger charge is 2.40. The Morgan fingerprint density at radius 2 is 2.47 bits per heavy atom. The number of ether oxygens (including phenoxy) is 1. The molecule has 1 unspecified atom stereocenters. The minimum absolute atomic E-state index is 0.106. The van der Waals surface area contributed by atoms with Crippen molar-refractivity contribution in [2.45, 2.75) is 24.4 Å². The molecular formula is C11H16N4O4. The summed E-state index contributed by atoms with van der Waals surface area (Å²) in [6.07, 6.45) is 3.47. The van der Waals surface area contributed by atoms with Crippen molar-refractivity contribution >= 4 is 11.9 Å². The van der Waals surface area contributed by atoms with E-state index in [4.69, 9.17) is 15.6 Å². The number of hydrogen-bond donors (Lipinski definition) is 4. The lowest BCUT2D eigenvalue weighted by Crippen LogP contribution is -2.58. The molecule has 2 atom stereocenters. The Hall–Kier alpha value is -1.93. The van der Waals surface area contributed by atoms with Gasteiger partial charge in [-0.15, -0.1) is 0 Å². The maximum Gasteiger partial charge on any atom is 0.326 e. The molecule has 1 saturated heterocycles. The van der Waals surface area contributed by atoms with Crippen LogP contribution in [0, 0.1) is 0 Å². The van der Waals surface area contributed by atoms with Crippen LogP contribution in [0.3, 0.4) is 0 Å². The summed E-state index contributed by atoms with van der Waals surface area (Å²) in [6, 6.07) is -1.05. The highest BCUT2D eigenvalue weighted by Crippen LogP contribution is 2.16. The van der Waals surface area contributed by atoms with Crippen molar-refractivity contribution in [1.82, 2.24) is 15.3 Å². The molecule has 1 fully saturated rings. The molecule has 5 N–H and O–H groups in total. The summed E-state index contributed by atoms with van der Waals surface area (Å²) in [6.45, 7) is 0.511. The third kappa shape index (κ3) is 3.09. The number of nitrogens with two attached hydrogens (primary N) is 1. The molecule has 104 valence electrons. The van der Waals surface area contributed by atoms with Gasteiger partial charge in [0.1, 0.15) is 11.6 Å². The van der Waals surface area contributed by atoms with Gasteiger partial charge in [0.2, 0.25) is 5.91 Å². The number of amides is 1. The van der Waals surface area contributed by atoms with Crippen LogP contribution in [0.1, 0.15) is 12.1 Å². The minimum Gasteiger partial charge on any atom is -0.480 e. The number of nitrogens with one attached hydrogen (secondary N) is 2. The number of carboxylic acids is 1. The lowest BCUT2D eigenvalue weighted by molar-refractivity contribution is -0.142. The number of imidazole rings is 1. The summed E-state index contributed by atoms with van der Waals surface area (Å²) < 4.78 is 5.08. The molecular weight excluding hydrogens is 252 g/mol. The summed E-state index contributed by atoms with van der Waals surface area (Å²) in [4.78, 5) is 29.8. The molecule has 1 aromatic heterocycles. The van der Waals surface area contributed by atoms with Crippen LogP contribution in [0.25, 0.3) is 0 Å². The molecule has 0 aliphatic carbocycles. The zero-order chi connectivity index (χ0) is 13.9. The standard InChI is InChI=1S/C11H16N4O4/c12-11(1-2-19-5-11)10(18)15-8(9(16)17)3-7-4-13-6-14-7/h4,6,8H,1-3,5,12H2,(H,13,14)(H,15,18)(H,16,17)/t8-,11?/m1/s1. The molecule has 8 nitrogen and oxygen atoms in total. The number of carbonyl (C=O) groups excluding carboxylic acids is 1. The molecule has 19 heavy (non-hydrogen) atoms. The van der Waals surface area contributed by atoms with Crippen molar-refractivity contribution < 1.29 is 19.4 Å². The lowest BCUT2D eigenvalue weighted by Gasteiger charge is -2.23. The van der Waals surface area contributed by atoms with E-state index in [1.807, 2.05) is 0 Å². The van der Waals surface area contributed by atoms with Crippen molar-refractivity contribution in [2.75, 3.05) is 13.2 Å². The van der Waals surface area contributed by atoms with Gasteiger partial charge in [-0.05, 0) is 6.42 Å².